The van der Waals surface area contributed by atoms with Gasteiger partial charge in [-0.2, -0.15) is 0 Å². The van der Waals surface area contributed by atoms with Crippen LogP contribution < -0.4 is 5.73 Å². The zero-order valence-corrected chi connectivity index (χ0v) is 10.8. The van der Waals surface area contributed by atoms with Gasteiger partial charge in [0.1, 0.15) is 11.5 Å². The standard InChI is InChI=1S/C12H22N2O2/c1-11(2,3)6-7-14-10(16)8(13)9(15)12(14,4)5/h15H,6-7,13H2,1-5H3. The molecule has 0 aromatic rings. The Bertz CT molecular complexity index is 337. The van der Waals surface area contributed by atoms with Gasteiger partial charge in [0.25, 0.3) is 5.91 Å². The number of nitrogens with two attached hydrogens (primary N) is 1. The molecule has 0 aromatic carbocycles. The lowest BCUT2D eigenvalue weighted by Gasteiger charge is -2.34. The number of nitrogens with zero attached hydrogens (tertiary/aromatic N) is 1. The Balaban J connectivity index is 2.82. The summed E-state index contributed by atoms with van der Waals surface area (Å²) in [5.41, 5.74) is 5.03. The number of aliphatic hydroxyl groups is 1. The molecule has 1 aliphatic rings. The van der Waals surface area contributed by atoms with Crippen molar-refractivity contribution in [1.29, 1.82) is 0 Å². The van der Waals surface area contributed by atoms with E-state index in [4.69, 9.17) is 5.73 Å². The second-order valence-corrected chi connectivity index (χ2v) is 6.09. The molecule has 1 rings (SSSR count). The third-order valence-corrected chi connectivity index (χ3v) is 3.07. The van der Waals surface area contributed by atoms with Crippen molar-refractivity contribution < 1.29 is 9.90 Å². The normalized spacial score (nSPS) is 20.8. The van der Waals surface area contributed by atoms with E-state index in [1.54, 1.807) is 4.90 Å². The minimum absolute atomic E-state index is 0.00795. The van der Waals surface area contributed by atoms with E-state index in [2.05, 4.69) is 20.8 Å². The molecule has 0 saturated carbocycles. The minimum Gasteiger partial charge on any atom is -0.507 e. The molecule has 16 heavy (non-hydrogen) atoms. The summed E-state index contributed by atoms with van der Waals surface area (Å²) in [5, 5.41) is 9.79. The van der Waals surface area contributed by atoms with Crippen LogP contribution in [-0.2, 0) is 4.79 Å². The molecular weight excluding hydrogens is 204 g/mol. The third-order valence-electron chi connectivity index (χ3n) is 3.07. The van der Waals surface area contributed by atoms with E-state index < -0.39 is 5.54 Å². The highest BCUT2D eigenvalue weighted by Gasteiger charge is 2.44. The Morgan fingerprint density at radius 2 is 1.88 bits per heavy atom. The fourth-order valence-electron chi connectivity index (χ4n) is 1.79. The van der Waals surface area contributed by atoms with Crippen LogP contribution in [0.2, 0.25) is 0 Å². The summed E-state index contributed by atoms with van der Waals surface area (Å²) in [4.78, 5) is 13.5. The van der Waals surface area contributed by atoms with Gasteiger partial charge in [0.2, 0.25) is 0 Å². The smallest absolute Gasteiger partial charge is 0.274 e. The van der Waals surface area contributed by atoms with Crippen molar-refractivity contribution in [3.8, 4) is 0 Å². The van der Waals surface area contributed by atoms with E-state index in [9.17, 15) is 9.90 Å². The van der Waals surface area contributed by atoms with Crippen LogP contribution in [0.4, 0.5) is 0 Å². The Morgan fingerprint density at radius 1 is 1.38 bits per heavy atom. The van der Waals surface area contributed by atoms with Gasteiger partial charge in [-0.15, -0.1) is 0 Å². The number of hydrogen-bond acceptors (Lipinski definition) is 3. The van der Waals surface area contributed by atoms with Gasteiger partial charge in [0.15, 0.2) is 0 Å². The minimum atomic E-state index is -0.674. The maximum Gasteiger partial charge on any atom is 0.274 e. The average molecular weight is 226 g/mol. The maximum atomic E-state index is 11.8. The van der Waals surface area contributed by atoms with Crippen LogP contribution in [-0.4, -0.2) is 28.0 Å². The Morgan fingerprint density at radius 3 is 2.19 bits per heavy atom. The number of aliphatic hydroxyl groups excluding tert-OH is 1. The summed E-state index contributed by atoms with van der Waals surface area (Å²) in [7, 11) is 0. The van der Waals surface area contributed by atoms with Crippen LogP contribution >= 0.6 is 0 Å². The van der Waals surface area contributed by atoms with E-state index in [0.29, 0.717) is 6.54 Å². The van der Waals surface area contributed by atoms with Crippen molar-refractivity contribution in [2.75, 3.05) is 6.54 Å². The summed E-state index contributed by atoms with van der Waals surface area (Å²) < 4.78 is 0. The van der Waals surface area contributed by atoms with Gasteiger partial charge in [0.05, 0.1) is 5.54 Å². The van der Waals surface area contributed by atoms with Crippen molar-refractivity contribution in [3.63, 3.8) is 0 Å². The van der Waals surface area contributed by atoms with Gasteiger partial charge in [-0.05, 0) is 25.7 Å². The van der Waals surface area contributed by atoms with E-state index >= 15 is 0 Å². The van der Waals surface area contributed by atoms with Crippen molar-refractivity contribution >= 4 is 5.91 Å². The first-order chi connectivity index (χ1) is 7.07. The Hall–Kier alpha value is -1.19. The lowest BCUT2D eigenvalue weighted by molar-refractivity contribution is -0.129. The van der Waals surface area contributed by atoms with Crippen LogP contribution in [0.3, 0.4) is 0 Å². The lowest BCUT2D eigenvalue weighted by atomic mass is 9.91. The second-order valence-electron chi connectivity index (χ2n) is 6.09. The van der Waals surface area contributed by atoms with Crippen molar-refractivity contribution in [2.24, 2.45) is 11.1 Å². The lowest BCUT2D eigenvalue weighted by Crippen LogP contribution is -2.45. The number of amides is 1. The quantitative estimate of drug-likeness (QED) is 0.754. The number of carbonyl (C=O) groups is 1. The molecule has 4 heteroatoms. The summed E-state index contributed by atoms with van der Waals surface area (Å²) in [5.74, 6) is -0.266. The molecule has 0 bridgehead atoms. The Labute approximate surface area is 97.1 Å². The highest BCUT2D eigenvalue weighted by molar-refractivity contribution is 5.96. The predicted octanol–water partition coefficient (Wildman–Crippen LogP) is 1.77. The molecule has 3 N–H and O–H groups in total. The van der Waals surface area contributed by atoms with Gasteiger partial charge in [0, 0.05) is 6.54 Å². The SMILES string of the molecule is CC(C)(C)CCN1C(=O)C(N)=C(O)C1(C)C. The van der Waals surface area contributed by atoms with Crippen molar-refractivity contribution in [1.82, 2.24) is 4.90 Å². The number of hydrogen-bond donors (Lipinski definition) is 2. The molecule has 4 nitrogen and oxygen atoms in total. The molecule has 0 unspecified atom stereocenters. The first-order valence-corrected chi connectivity index (χ1v) is 5.58. The van der Waals surface area contributed by atoms with Gasteiger partial charge in [-0.3, -0.25) is 4.79 Å². The van der Waals surface area contributed by atoms with Gasteiger partial charge >= 0.3 is 0 Å². The van der Waals surface area contributed by atoms with E-state index in [-0.39, 0.29) is 22.8 Å². The van der Waals surface area contributed by atoms with Crippen molar-refractivity contribution in [3.05, 3.63) is 11.5 Å². The van der Waals surface area contributed by atoms with Gasteiger partial charge in [-0.25, -0.2) is 0 Å². The molecule has 1 heterocycles. The van der Waals surface area contributed by atoms with Crippen LogP contribution in [0.25, 0.3) is 0 Å². The van der Waals surface area contributed by atoms with E-state index in [1.807, 2.05) is 13.8 Å². The van der Waals surface area contributed by atoms with E-state index in [0.717, 1.165) is 6.42 Å². The zero-order valence-electron chi connectivity index (χ0n) is 10.8. The summed E-state index contributed by atoms with van der Waals surface area (Å²) >= 11 is 0. The molecule has 92 valence electrons. The first-order valence-electron chi connectivity index (χ1n) is 5.58. The summed E-state index contributed by atoms with van der Waals surface area (Å²) in [6.45, 7) is 10.6. The molecule has 0 saturated heterocycles. The molecule has 1 amide bonds. The predicted molar refractivity (Wildman–Crippen MR) is 63.7 cm³/mol. The fraction of sp³-hybridized carbons (Fsp3) is 0.750. The zero-order chi connectivity index (χ0) is 12.7. The fourth-order valence-corrected chi connectivity index (χ4v) is 1.79. The van der Waals surface area contributed by atoms with Gasteiger partial charge in [-0.1, -0.05) is 20.8 Å². The molecule has 1 aliphatic heterocycles. The number of carbonyl (C=O) groups excluding carboxylic acids is 1. The second kappa shape index (κ2) is 3.68. The molecule has 0 atom stereocenters. The van der Waals surface area contributed by atoms with Crippen LogP contribution in [0, 0.1) is 5.41 Å². The monoisotopic (exact) mass is 226 g/mol. The summed E-state index contributed by atoms with van der Waals surface area (Å²) in [6, 6.07) is 0. The van der Waals surface area contributed by atoms with Crippen molar-refractivity contribution in [2.45, 2.75) is 46.6 Å². The maximum absolute atomic E-state index is 11.8. The summed E-state index contributed by atoms with van der Waals surface area (Å²) in [6.07, 6.45) is 0.878. The third kappa shape index (κ3) is 2.15. The molecule has 0 radical (unpaired) electrons. The van der Waals surface area contributed by atoms with E-state index in [1.165, 1.54) is 0 Å². The molecule has 0 fully saturated rings. The average Bonchev–Trinajstić information content (AvgIpc) is 2.25. The van der Waals surface area contributed by atoms with Crippen LogP contribution in [0.5, 0.6) is 0 Å². The molecule has 0 aliphatic carbocycles. The van der Waals surface area contributed by atoms with Crippen LogP contribution in [0.15, 0.2) is 11.5 Å². The first kappa shape index (κ1) is 12.9. The number of rotatable bonds is 2. The van der Waals surface area contributed by atoms with Gasteiger partial charge < -0.3 is 15.7 Å². The topological polar surface area (TPSA) is 66.6 Å². The molecular formula is C12H22N2O2. The molecule has 0 spiro atoms. The Kier molecular flexibility index (Phi) is 2.96. The largest absolute Gasteiger partial charge is 0.507 e. The molecule has 0 aromatic heterocycles. The highest BCUT2D eigenvalue weighted by atomic mass is 16.3. The highest BCUT2D eigenvalue weighted by Crippen LogP contribution is 2.33. The van der Waals surface area contributed by atoms with Crippen LogP contribution in [0.1, 0.15) is 41.0 Å².